The lowest BCUT2D eigenvalue weighted by molar-refractivity contribution is 1.13. The molecule has 6 heteroatoms. The molecule has 0 saturated heterocycles. The first kappa shape index (κ1) is 14.9. The van der Waals surface area contributed by atoms with Gasteiger partial charge in [-0.25, -0.2) is 9.97 Å². The summed E-state index contributed by atoms with van der Waals surface area (Å²) in [5.74, 6) is 0.520. The van der Waals surface area contributed by atoms with E-state index in [9.17, 15) is 0 Å². The van der Waals surface area contributed by atoms with Gasteiger partial charge < -0.3 is 0 Å². The van der Waals surface area contributed by atoms with Crippen LogP contribution in [0.15, 0.2) is 53.1 Å². The van der Waals surface area contributed by atoms with Crippen LogP contribution in [0, 0.1) is 3.57 Å². The van der Waals surface area contributed by atoms with E-state index in [2.05, 4.69) is 53.5 Å². The van der Waals surface area contributed by atoms with Gasteiger partial charge in [-0.2, -0.15) is 0 Å². The van der Waals surface area contributed by atoms with E-state index >= 15 is 0 Å². The molecule has 3 rings (SSSR count). The standard InChI is InChI=1S/C15H8BrClIN3/c16-10-6-7-11(19-8-10)15-20-13(12(18)14(17)21-15)9-4-2-1-3-5-9/h1-8H. The lowest BCUT2D eigenvalue weighted by Gasteiger charge is -2.08. The molecule has 0 aliphatic heterocycles. The van der Waals surface area contributed by atoms with Gasteiger partial charge >= 0.3 is 0 Å². The fraction of sp³-hybridized carbons (Fsp3) is 0. The van der Waals surface area contributed by atoms with Gasteiger partial charge in [-0.1, -0.05) is 41.9 Å². The Kier molecular flexibility index (Phi) is 4.51. The SMILES string of the molecule is Clc1nc(-c2ccc(Br)cn2)nc(-c2ccccc2)c1I. The fourth-order valence-electron chi connectivity index (χ4n) is 1.83. The van der Waals surface area contributed by atoms with Crippen LogP contribution < -0.4 is 0 Å². The molecule has 0 saturated carbocycles. The lowest BCUT2D eigenvalue weighted by atomic mass is 10.1. The van der Waals surface area contributed by atoms with E-state index in [1.807, 2.05) is 42.5 Å². The summed E-state index contributed by atoms with van der Waals surface area (Å²) >= 11 is 11.8. The Bertz CT molecular complexity index is 779. The molecule has 21 heavy (non-hydrogen) atoms. The average Bonchev–Trinajstić information content (AvgIpc) is 2.51. The molecule has 104 valence electrons. The first-order valence-electron chi connectivity index (χ1n) is 6.05. The van der Waals surface area contributed by atoms with Crippen molar-refractivity contribution in [2.45, 2.75) is 0 Å². The molecule has 0 fully saturated rings. The predicted molar refractivity (Wildman–Crippen MR) is 96.1 cm³/mol. The summed E-state index contributed by atoms with van der Waals surface area (Å²) in [6, 6.07) is 13.7. The number of nitrogens with zero attached hydrogens (tertiary/aromatic N) is 3. The molecule has 0 radical (unpaired) electrons. The second kappa shape index (κ2) is 6.37. The Morgan fingerprint density at radius 1 is 1.00 bits per heavy atom. The highest BCUT2D eigenvalue weighted by molar-refractivity contribution is 14.1. The number of rotatable bonds is 2. The Labute approximate surface area is 149 Å². The molecule has 0 unspecified atom stereocenters. The zero-order valence-electron chi connectivity index (χ0n) is 10.6. The molecule has 0 aliphatic carbocycles. The van der Waals surface area contributed by atoms with E-state index < -0.39 is 0 Å². The summed E-state index contributed by atoms with van der Waals surface area (Å²) in [5, 5.41) is 0.434. The third-order valence-electron chi connectivity index (χ3n) is 2.81. The van der Waals surface area contributed by atoms with E-state index in [1.165, 1.54) is 0 Å². The minimum Gasteiger partial charge on any atom is -0.252 e. The van der Waals surface area contributed by atoms with Gasteiger partial charge in [0.25, 0.3) is 0 Å². The number of hydrogen-bond donors (Lipinski definition) is 0. The van der Waals surface area contributed by atoms with E-state index in [0.717, 1.165) is 19.3 Å². The van der Waals surface area contributed by atoms with E-state index in [1.54, 1.807) is 6.20 Å². The van der Waals surface area contributed by atoms with Gasteiger partial charge in [0, 0.05) is 16.2 Å². The molecule has 0 atom stereocenters. The normalized spacial score (nSPS) is 10.6. The maximum atomic E-state index is 6.25. The van der Waals surface area contributed by atoms with Crippen LogP contribution in [0.4, 0.5) is 0 Å². The van der Waals surface area contributed by atoms with Crippen molar-refractivity contribution in [2.75, 3.05) is 0 Å². The van der Waals surface area contributed by atoms with Crippen molar-refractivity contribution in [3.63, 3.8) is 0 Å². The van der Waals surface area contributed by atoms with Crippen LogP contribution in [0.1, 0.15) is 0 Å². The highest BCUT2D eigenvalue weighted by atomic mass is 127. The zero-order valence-corrected chi connectivity index (χ0v) is 15.1. The summed E-state index contributed by atoms with van der Waals surface area (Å²) in [5.41, 5.74) is 2.51. The van der Waals surface area contributed by atoms with Gasteiger partial charge in [-0.3, -0.25) is 4.98 Å². The van der Waals surface area contributed by atoms with Crippen molar-refractivity contribution < 1.29 is 0 Å². The number of aromatic nitrogens is 3. The Morgan fingerprint density at radius 3 is 2.43 bits per heavy atom. The van der Waals surface area contributed by atoms with Crippen LogP contribution in [0.3, 0.4) is 0 Å². The summed E-state index contributed by atoms with van der Waals surface area (Å²) in [6.45, 7) is 0. The Hall–Kier alpha value is -1.05. The van der Waals surface area contributed by atoms with Crippen molar-refractivity contribution in [2.24, 2.45) is 0 Å². The average molecular weight is 473 g/mol. The highest BCUT2D eigenvalue weighted by Gasteiger charge is 2.14. The molecule has 1 aromatic carbocycles. The molecule has 2 aromatic heterocycles. The number of pyridine rings is 1. The van der Waals surface area contributed by atoms with Gasteiger partial charge in [0.15, 0.2) is 5.82 Å². The van der Waals surface area contributed by atoms with E-state index in [-0.39, 0.29) is 0 Å². The van der Waals surface area contributed by atoms with Gasteiger partial charge in [-0.05, 0) is 50.7 Å². The van der Waals surface area contributed by atoms with Gasteiger partial charge in [0.2, 0.25) is 0 Å². The summed E-state index contributed by atoms with van der Waals surface area (Å²) in [6.07, 6.45) is 1.72. The van der Waals surface area contributed by atoms with Crippen molar-refractivity contribution >= 4 is 50.1 Å². The van der Waals surface area contributed by atoms with Gasteiger partial charge in [0.1, 0.15) is 10.8 Å². The molecule has 0 bridgehead atoms. The lowest BCUT2D eigenvalue weighted by Crippen LogP contribution is -1.98. The number of hydrogen-bond acceptors (Lipinski definition) is 3. The first-order valence-corrected chi connectivity index (χ1v) is 8.30. The van der Waals surface area contributed by atoms with Crippen LogP contribution in [0.25, 0.3) is 22.8 Å². The van der Waals surface area contributed by atoms with Crippen molar-refractivity contribution in [3.8, 4) is 22.8 Å². The number of halogens is 3. The number of benzene rings is 1. The molecule has 0 N–H and O–H groups in total. The van der Waals surface area contributed by atoms with Crippen molar-refractivity contribution in [1.29, 1.82) is 0 Å². The van der Waals surface area contributed by atoms with Crippen LogP contribution in [0.2, 0.25) is 5.15 Å². The van der Waals surface area contributed by atoms with Crippen molar-refractivity contribution in [1.82, 2.24) is 15.0 Å². The summed E-state index contributed by atoms with van der Waals surface area (Å²) in [4.78, 5) is 13.3. The second-order valence-electron chi connectivity index (χ2n) is 4.23. The van der Waals surface area contributed by atoms with E-state index in [4.69, 9.17) is 11.6 Å². The minimum absolute atomic E-state index is 0.434. The molecule has 0 aliphatic rings. The van der Waals surface area contributed by atoms with Crippen LogP contribution in [-0.4, -0.2) is 15.0 Å². The van der Waals surface area contributed by atoms with Gasteiger partial charge in [0.05, 0.1) is 9.26 Å². The zero-order chi connectivity index (χ0) is 14.8. The minimum atomic E-state index is 0.434. The van der Waals surface area contributed by atoms with E-state index in [0.29, 0.717) is 16.7 Å². The van der Waals surface area contributed by atoms with Crippen LogP contribution in [-0.2, 0) is 0 Å². The molecular weight excluding hydrogens is 464 g/mol. The molecule has 2 heterocycles. The fourth-order valence-corrected chi connectivity index (χ4v) is 2.79. The smallest absolute Gasteiger partial charge is 0.180 e. The third-order valence-corrected chi connectivity index (χ3v) is 4.90. The molecule has 3 aromatic rings. The first-order chi connectivity index (χ1) is 10.1. The maximum absolute atomic E-state index is 6.25. The largest absolute Gasteiger partial charge is 0.252 e. The second-order valence-corrected chi connectivity index (χ2v) is 6.58. The summed E-state index contributed by atoms with van der Waals surface area (Å²) < 4.78 is 1.74. The topological polar surface area (TPSA) is 38.7 Å². The summed E-state index contributed by atoms with van der Waals surface area (Å²) in [7, 11) is 0. The molecule has 3 nitrogen and oxygen atoms in total. The molecule has 0 spiro atoms. The van der Waals surface area contributed by atoms with Crippen LogP contribution >= 0.6 is 50.1 Å². The Morgan fingerprint density at radius 2 is 1.76 bits per heavy atom. The highest BCUT2D eigenvalue weighted by Crippen LogP contribution is 2.30. The third kappa shape index (κ3) is 3.25. The maximum Gasteiger partial charge on any atom is 0.180 e. The molecular formula is C15H8BrClIN3. The van der Waals surface area contributed by atoms with Crippen molar-refractivity contribution in [3.05, 3.63) is 61.9 Å². The predicted octanol–water partition coefficient (Wildman–Crippen LogP) is 5.23. The molecule has 0 amide bonds. The van der Waals surface area contributed by atoms with Crippen LogP contribution in [0.5, 0.6) is 0 Å². The van der Waals surface area contributed by atoms with Gasteiger partial charge in [-0.15, -0.1) is 0 Å². The quantitative estimate of drug-likeness (QED) is 0.379. The monoisotopic (exact) mass is 471 g/mol. The Balaban J connectivity index is 2.16.